The fourth-order valence-electron chi connectivity index (χ4n) is 3.08. The Morgan fingerprint density at radius 2 is 1.59 bits per heavy atom. The third-order valence-corrected chi connectivity index (χ3v) is 4.29. The number of benzene rings is 2. The van der Waals surface area contributed by atoms with E-state index in [1.165, 1.54) is 49.0 Å². The van der Waals surface area contributed by atoms with E-state index in [0.29, 0.717) is 6.04 Å². The Morgan fingerprint density at radius 3 is 2.23 bits per heavy atom. The molecule has 0 saturated heterocycles. The van der Waals surface area contributed by atoms with Crippen LogP contribution in [0.1, 0.15) is 51.5 Å². The summed E-state index contributed by atoms with van der Waals surface area (Å²) < 4.78 is 0. The third kappa shape index (κ3) is 4.37. The van der Waals surface area contributed by atoms with Crippen LogP contribution in [0.15, 0.2) is 54.6 Å². The molecule has 2 rings (SSSR count). The number of nitrogens with zero attached hydrogens (tertiary/aromatic N) is 1. The van der Waals surface area contributed by atoms with Crippen LogP contribution in [0, 0.1) is 6.92 Å². The first-order valence-electron chi connectivity index (χ1n) is 8.67. The molecular formula is C21H29N. The summed E-state index contributed by atoms with van der Waals surface area (Å²) >= 11 is 0. The van der Waals surface area contributed by atoms with Gasteiger partial charge in [-0.05, 0) is 49.6 Å². The Balaban J connectivity index is 2.32. The van der Waals surface area contributed by atoms with Crippen molar-refractivity contribution in [3.63, 3.8) is 0 Å². The molecule has 0 amide bonds. The molecule has 0 radical (unpaired) electrons. The first-order chi connectivity index (χ1) is 10.8. The maximum absolute atomic E-state index is 2.53. The smallest absolute Gasteiger partial charge is 0.0416 e. The topological polar surface area (TPSA) is 3.24 Å². The zero-order valence-electron chi connectivity index (χ0n) is 14.3. The van der Waals surface area contributed by atoms with Crippen LogP contribution in [0.2, 0.25) is 0 Å². The van der Waals surface area contributed by atoms with Crippen molar-refractivity contribution in [2.45, 2.75) is 58.9 Å². The van der Waals surface area contributed by atoms with Crippen LogP contribution in [0.25, 0.3) is 0 Å². The molecule has 0 fully saturated rings. The summed E-state index contributed by atoms with van der Waals surface area (Å²) in [6.07, 6.45) is 6.35. The minimum absolute atomic E-state index is 0.566. The van der Waals surface area contributed by atoms with Gasteiger partial charge in [0.05, 0.1) is 0 Å². The summed E-state index contributed by atoms with van der Waals surface area (Å²) in [5.41, 5.74) is 3.94. The summed E-state index contributed by atoms with van der Waals surface area (Å²) in [6.45, 7) is 6.75. The lowest BCUT2D eigenvalue weighted by Gasteiger charge is -2.34. The van der Waals surface area contributed by atoms with Crippen molar-refractivity contribution in [1.29, 1.82) is 0 Å². The van der Waals surface area contributed by atoms with Gasteiger partial charge in [0.1, 0.15) is 0 Å². The first kappa shape index (κ1) is 16.6. The SMILES string of the molecule is CCCCCC(CC)N(c1ccccc1)c1cccc(C)c1. The molecule has 0 aliphatic heterocycles. The van der Waals surface area contributed by atoms with Crippen molar-refractivity contribution < 1.29 is 0 Å². The highest BCUT2D eigenvalue weighted by Gasteiger charge is 2.18. The summed E-state index contributed by atoms with van der Waals surface area (Å²) in [5.74, 6) is 0. The minimum atomic E-state index is 0.566. The van der Waals surface area contributed by atoms with Crippen LogP contribution in [0.4, 0.5) is 11.4 Å². The third-order valence-electron chi connectivity index (χ3n) is 4.29. The normalized spacial score (nSPS) is 12.1. The summed E-state index contributed by atoms with van der Waals surface area (Å²) in [6, 6.07) is 20.3. The van der Waals surface area contributed by atoms with Gasteiger partial charge in [-0.1, -0.05) is 63.4 Å². The van der Waals surface area contributed by atoms with E-state index in [9.17, 15) is 0 Å². The molecule has 1 unspecified atom stereocenters. The highest BCUT2D eigenvalue weighted by atomic mass is 15.2. The van der Waals surface area contributed by atoms with Crippen molar-refractivity contribution in [2.24, 2.45) is 0 Å². The number of aryl methyl sites for hydroxylation is 1. The molecule has 0 aliphatic rings. The predicted molar refractivity (Wildman–Crippen MR) is 98.0 cm³/mol. The maximum atomic E-state index is 2.53. The molecule has 0 N–H and O–H groups in total. The molecule has 0 bridgehead atoms. The molecule has 2 aromatic carbocycles. The van der Waals surface area contributed by atoms with Crippen LogP contribution >= 0.6 is 0 Å². The second kappa shape index (κ2) is 8.63. The highest BCUT2D eigenvalue weighted by Crippen LogP contribution is 2.31. The van der Waals surface area contributed by atoms with Gasteiger partial charge >= 0.3 is 0 Å². The van der Waals surface area contributed by atoms with E-state index in [2.05, 4.69) is 80.3 Å². The fraction of sp³-hybridized carbons (Fsp3) is 0.429. The minimum Gasteiger partial charge on any atom is -0.338 e. The summed E-state index contributed by atoms with van der Waals surface area (Å²) in [7, 11) is 0. The van der Waals surface area contributed by atoms with Crippen molar-refractivity contribution in [3.8, 4) is 0 Å². The van der Waals surface area contributed by atoms with E-state index < -0.39 is 0 Å². The molecule has 1 atom stereocenters. The molecule has 1 heteroatoms. The molecule has 2 aromatic rings. The number of rotatable bonds is 8. The Labute approximate surface area is 136 Å². The van der Waals surface area contributed by atoms with E-state index in [-0.39, 0.29) is 0 Å². The molecule has 0 heterocycles. The maximum Gasteiger partial charge on any atom is 0.0416 e. The van der Waals surface area contributed by atoms with Crippen LogP contribution in [0.3, 0.4) is 0 Å². The van der Waals surface area contributed by atoms with Crippen LogP contribution < -0.4 is 4.90 Å². The molecule has 22 heavy (non-hydrogen) atoms. The molecular weight excluding hydrogens is 266 g/mol. The molecule has 1 nitrogen and oxygen atoms in total. The fourth-order valence-corrected chi connectivity index (χ4v) is 3.08. The van der Waals surface area contributed by atoms with E-state index in [1.54, 1.807) is 0 Å². The molecule has 0 spiro atoms. The van der Waals surface area contributed by atoms with Crippen molar-refractivity contribution in [2.75, 3.05) is 4.90 Å². The number of anilines is 2. The molecule has 0 aromatic heterocycles. The number of para-hydroxylation sites is 1. The number of hydrogen-bond acceptors (Lipinski definition) is 1. The van der Waals surface area contributed by atoms with Crippen LogP contribution in [0.5, 0.6) is 0 Å². The van der Waals surface area contributed by atoms with E-state index >= 15 is 0 Å². The van der Waals surface area contributed by atoms with Gasteiger partial charge in [-0.2, -0.15) is 0 Å². The molecule has 118 valence electrons. The number of hydrogen-bond donors (Lipinski definition) is 0. The second-order valence-corrected chi connectivity index (χ2v) is 6.10. The highest BCUT2D eigenvalue weighted by molar-refractivity contribution is 5.64. The van der Waals surface area contributed by atoms with Gasteiger partial charge in [-0.25, -0.2) is 0 Å². The van der Waals surface area contributed by atoms with Crippen LogP contribution in [-0.2, 0) is 0 Å². The second-order valence-electron chi connectivity index (χ2n) is 6.10. The summed E-state index contributed by atoms with van der Waals surface area (Å²) in [5, 5.41) is 0. The van der Waals surface area contributed by atoms with Gasteiger partial charge in [0.2, 0.25) is 0 Å². The summed E-state index contributed by atoms with van der Waals surface area (Å²) in [4.78, 5) is 2.53. The van der Waals surface area contributed by atoms with Gasteiger partial charge in [-0.3, -0.25) is 0 Å². The molecule has 0 aliphatic carbocycles. The van der Waals surface area contributed by atoms with Crippen LogP contribution in [-0.4, -0.2) is 6.04 Å². The molecule has 0 saturated carbocycles. The van der Waals surface area contributed by atoms with Gasteiger partial charge in [-0.15, -0.1) is 0 Å². The largest absolute Gasteiger partial charge is 0.338 e. The van der Waals surface area contributed by atoms with E-state index in [1.807, 2.05) is 0 Å². The zero-order chi connectivity index (χ0) is 15.8. The standard InChI is InChI=1S/C21H29N/c1-4-6-8-13-19(5-2)22(20-14-9-7-10-15-20)21-16-11-12-18(3)17-21/h7,9-12,14-17,19H,4-6,8,13H2,1-3H3. The van der Waals surface area contributed by atoms with Gasteiger partial charge in [0, 0.05) is 17.4 Å². The zero-order valence-corrected chi connectivity index (χ0v) is 14.3. The predicted octanol–water partition coefficient (Wildman–Crippen LogP) is 6.49. The average Bonchev–Trinajstić information content (AvgIpc) is 2.55. The Bertz CT molecular complexity index is 547. The van der Waals surface area contributed by atoms with Gasteiger partial charge in [0.25, 0.3) is 0 Å². The van der Waals surface area contributed by atoms with Crippen molar-refractivity contribution in [1.82, 2.24) is 0 Å². The van der Waals surface area contributed by atoms with Gasteiger partial charge < -0.3 is 4.90 Å². The van der Waals surface area contributed by atoms with Crippen molar-refractivity contribution in [3.05, 3.63) is 60.2 Å². The lowest BCUT2D eigenvalue weighted by molar-refractivity contribution is 0.537. The Hall–Kier alpha value is -1.76. The first-order valence-corrected chi connectivity index (χ1v) is 8.67. The van der Waals surface area contributed by atoms with Crippen molar-refractivity contribution >= 4 is 11.4 Å². The average molecular weight is 295 g/mol. The van der Waals surface area contributed by atoms with E-state index in [4.69, 9.17) is 0 Å². The Kier molecular flexibility index (Phi) is 6.51. The lowest BCUT2D eigenvalue weighted by Crippen LogP contribution is -2.30. The number of unbranched alkanes of at least 4 members (excludes halogenated alkanes) is 2. The Morgan fingerprint density at radius 1 is 0.864 bits per heavy atom. The lowest BCUT2D eigenvalue weighted by atomic mass is 10.0. The van der Waals surface area contributed by atoms with E-state index in [0.717, 1.165) is 0 Å². The monoisotopic (exact) mass is 295 g/mol. The van der Waals surface area contributed by atoms with Gasteiger partial charge in [0.15, 0.2) is 0 Å². The quantitative estimate of drug-likeness (QED) is 0.503.